The van der Waals surface area contributed by atoms with Crippen LogP contribution in [0.1, 0.15) is 6.92 Å². The summed E-state index contributed by atoms with van der Waals surface area (Å²) in [6, 6.07) is 5.00. The van der Waals surface area contributed by atoms with Gasteiger partial charge in [-0.2, -0.15) is 0 Å². The molecule has 1 aliphatic rings. The van der Waals surface area contributed by atoms with Gasteiger partial charge in [-0.25, -0.2) is 4.39 Å². The van der Waals surface area contributed by atoms with Gasteiger partial charge >= 0.3 is 0 Å². The minimum atomic E-state index is -0.307. The zero-order valence-corrected chi connectivity index (χ0v) is 9.42. The zero-order valence-electron chi connectivity index (χ0n) is 9.42. The molecule has 1 aliphatic heterocycles. The molecule has 1 aromatic rings. The molecule has 1 heterocycles. The van der Waals surface area contributed by atoms with E-state index in [2.05, 4.69) is 10.6 Å². The van der Waals surface area contributed by atoms with E-state index >= 15 is 0 Å². The van der Waals surface area contributed by atoms with Gasteiger partial charge in [0.05, 0.1) is 6.61 Å². The van der Waals surface area contributed by atoms with E-state index in [-0.39, 0.29) is 5.82 Å². The molecular weight excluding hydrogens is 207 g/mol. The Balaban J connectivity index is 1.91. The predicted octanol–water partition coefficient (Wildman–Crippen LogP) is 1.86. The Kier molecular flexibility index (Phi) is 3.62. The summed E-state index contributed by atoms with van der Waals surface area (Å²) in [7, 11) is 0. The molecule has 0 bridgehead atoms. The molecule has 16 heavy (non-hydrogen) atoms. The number of halogens is 1. The van der Waals surface area contributed by atoms with Crippen LogP contribution in [0.5, 0.6) is 5.75 Å². The van der Waals surface area contributed by atoms with E-state index in [4.69, 9.17) is 4.74 Å². The van der Waals surface area contributed by atoms with Crippen LogP contribution in [-0.2, 0) is 0 Å². The number of nitrogens with one attached hydrogen (secondary N) is 2. The van der Waals surface area contributed by atoms with Gasteiger partial charge in [0, 0.05) is 37.3 Å². The first kappa shape index (κ1) is 11.2. The lowest BCUT2D eigenvalue weighted by Gasteiger charge is -2.27. The van der Waals surface area contributed by atoms with E-state index in [0.717, 1.165) is 25.3 Å². The quantitative estimate of drug-likeness (QED) is 0.801. The second-order valence-electron chi connectivity index (χ2n) is 3.98. The van der Waals surface area contributed by atoms with Gasteiger partial charge in [-0.15, -0.1) is 0 Å². The van der Waals surface area contributed by atoms with Crippen molar-refractivity contribution in [1.82, 2.24) is 5.32 Å². The summed E-state index contributed by atoms with van der Waals surface area (Å²) < 4.78 is 18.6. The molecule has 1 fully saturated rings. The molecular formula is C12H17FN2O. The lowest BCUT2D eigenvalue weighted by molar-refractivity contribution is 0.321. The van der Waals surface area contributed by atoms with Crippen molar-refractivity contribution in [2.24, 2.45) is 5.92 Å². The molecule has 0 aliphatic carbocycles. The zero-order chi connectivity index (χ0) is 11.4. The third-order valence-corrected chi connectivity index (χ3v) is 2.69. The van der Waals surface area contributed by atoms with E-state index in [9.17, 15) is 4.39 Å². The van der Waals surface area contributed by atoms with E-state index in [1.54, 1.807) is 6.07 Å². The van der Waals surface area contributed by atoms with Crippen LogP contribution in [0.25, 0.3) is 0 Å². The fourth-order valence-corrected chi connectivity index (χ4v) is 1.64. The normalized spacial score (nSPS) is 15.6. The lowest BCUT2D eigenvalue weighted by atomic mass is 10.0. The largest absolute Gasteiger partial charge is 0.491 e. The van der Waals surface area contributed by atoms with Gasteiger partial charge in [-0.1, -0.05) is 0 Å². The molecule has 0 radical (unpaired) electrons. The third kappa shape index (κ3) is 2.64. The monoisotopic (exact) mass is 224 g/mol. The number of benzene rings is 1. The summed E-state index contributed by atoms with van der Waals surface area (Å²) >= 11 is 0. The first-order valence-corrected chi connectivity index (χ1v) is 5.66. The highest BCUT2D eigenvalue weighted by molar-refractivity contribution is 5.47. The van der Waals surface area contributed by atoms with Gasteiger partial charge < -0.3 is 15.4 Å². The van der Waals surface area contributed by atoms with Crippen LogP contribution in [0.4, 0.5) is 10.1 Å². The predicted molar refractivity (Wildman–Crippen MR) is 62.4 cm³/mol. The molecule has 3 nitrogen and oxygen atoms in total. The molecule has 2 N–H and O–H groups in total. The Bertz CT molecular complexity index is 353. The maximum Gasteiger partial charge on any atom is 0.167 e. The molecule has 88 valence electrons. The second-order valence-corrected chi connectivity index (χ2v) is 3.98. The van der Waals surface area contributed by atoms with Crippen molar-refractivity contribution < 1.29 is 9.13 Å². The van der Waals surface area contributed by atoms with Gasteiger partial charge in [0.2, 0.25) is 0 Å². The van der Waals surface area contributed by atoms with E-state index in [1.165, 1.54) is 6.07 Å². The average Bonchev–Trinajstić information content (AvgIpc) is 2.20. The molecule has 0 spiro atoms. The number of hydrogen-bond donors (Lipinski definition) is 2. The van der Waals surface area contributed by atoms with Crippen LogP contribution in [0.3, 0.4) is 0 Å². The smallest absolute Gasteiger partial charge is 0.167 e. The van der Waals surface area contributed by atoms with Gasteiger partial charge in [-0.3, -0.25) is 0 Å². The maximum atomic E-state index is 13.5. The van der Waals surface area contributed by atoms with Crippen molar-refractivity contribution in [3.63, 3.8) is 0 Å². The third-order valence-electron chi connectivity index (χ3n) is 2.69. The van der Waals surface area contributed by atoms with E-state index in [0.29, 0.717) is 18.3 Å². The number of ether oxygens (including phenoxy) is 1. The van der Waals surface area contributed by atoms with Crippen LogP contribution >= 0.6 is 0 Å². The highest BCUT2D eigenvalue weighted by atomic mass is 19.1. The lowest BCUT2D eigenvalue weighted by Crippen LogP contribution is -2.45. The van der Waals surface area contributed by atoms with E-state index < -0.39 is 0 Å². The molecule has 0 aromatic heterocycles. The molecule has 1 aromatic carbocycles. The molecule has 0 atom stereocenters. The minimum Gasteiger partial charge on any atom is -0.491 e. The first-order chi connectivity index (χ1) is 7.79. The molecule has 0 unspecified atom stereocenters. The highest BCUT2D eigenvalue weighted by Gasteiger charge is 2.16. The Morgan fingerprint density at radius 2 is 2.31 bits per heavy atom. The van der Waals surface area contributed by atoms with Gasteiger partial charge in [-0.05, 0) is 19.1 Å². The van der Waals surface area contributed by atoms with Crippen molar-refractivity contribution in [3.8, 4) is 5.75 Å². The average molecular weight is 224 g/mol. The first-order valence-electron chi connectivity index (χ1n) is 5.66. The van der Waals surface area contributed by atoms with Crippen molar-refractivity contribution in [3.05, 3.63) is 24.0 Å². The standard InChI is InChI=1S/C12H17FN2O/c1-2-16-12-4-3-10(5-11(12)13)15-8-9-6-14-7-9/h3-5,9,14-15H,2,6-8H2,1H3. The number of rotatable bonds is 5. The number of anilines is 1. The molecule has 0 saturated carbocycles. The van der Waals surface area contributed by atoms with E-state index in [1.807, 2.05) is 13.0 Å². The Labute approximate surface area is 95.0 Å². The van der Waals surface area contributed by atoms with Crippen molar-refractivity contribution >= 4 is 5.69 Å². The Morgan fingerprint density at radius 3 is 2.88 bits per heavy atom. The molecule has 2 rings (SSSR count). The van der Waals surface area contributed by atoms with Crippen LogP contribution in [0.2, 0.25) is 0 Å². The van der Waals surface area contributed by atoms with Crippen LogP contribution < -0.4 is 15.4 Å². The maximum absolute atomic E-state index is 13.5. The molecule has 4 heteroatoms. The van der Waals surface area contributed by atoms with Gasteiger partial charge in [0.15, 0.2) is 11.6 Å². The Hall–Kier alpha value is -1.29. The van der Waals surface area contributed by atoms with Gasteiger partial charge in [0.25, 0.3) is 0 Å². The topological polar surface area (TPSA) is 33.3 Å². The summed E-state index contributed by atoms with van der Waals surface area (Å²) in [5.74, 6) is 0.673. The fraction of sp³-hybridized carbons (Fsp3) is 0.500. The van der Waals surface area contributed by atoms with Crippen LogP contribution in [0.15, 0.2) is 18.2 Å². The van der Waals surface area contributed by atoms with Gasteiger partial charge in [0.1, 0.15) is 0 Å². The van der Waals surface area contributed by atoms with Crippen LogP contribution in [-0.4, -0.2) is 26.2 Å². The fourth-order valence-electron chi connectivity index (χ4n) is 1.64. The molecule has 1 saturated heterocycles. The molecule has 0 amide bonds. The Morgan fingerprint density at radius 1 is 1.50 bits per heavy atom. The van der Waals surface area contributed by atoms with Crippen LogP contribution in [0, 0.1) is 11.7 Å². The summed E-state index contributed by atoms with van der Waals surface area (Å²) in [5, 5.41) is 6.42. The van der Waals surface area contributed by atoms with Crippen molar-refractivity contribution in [1.29, 1.82) is 0 Å². The van der Waals surface area contributed by atoms with Crippen molar-refractivity contribution in [2.75, 3.05) is 31.6 Å². The highest BCUT2D eigenvalue weighted by Crippen LogP contribution is 2.21. The summed E-state index contributed by atoms with van der Waals surface area (Å²) in [6.07, 6.45) is 0. The summed E-state index contributed by atoms with van der Waals surface area (Å²) in [5.41, 5.74) is 0.813. The number of hydrogen-bond acceptors (Lipinski definition) is 3. The summed E-state index contributed by atoms with van der Waals surface area (Å²) in [4.78, 5) is 0. The summed E-state index contributed by atoms with van der Waals surface area (Å²) in [6.45, 7) is 5.31. The SMILES string of the molecule is CCOc1ccc(NCC2CNC2)cc1F. The van der Waals surface area contributed by atoms with Crippen molar-refractivity contribution in [2.45, 2.75) is 6.92 Å². The minimum absolute atomic E-state index is 0.307. The second kappa shape index (κ2) is 5.16.